The van der Waals surface area contributed by atoms with Crippen LogP contribution in [0.25, 0.3) is 0 Å². The molecule has 0 fully saturated rings. The molecular weight excluding hydrogens is 240 g/mol. The first kappa shape index (κ1) is 13.7. The molecule has 0 radical (unpaired) electrons. The number of nitrogens with one attached hydrogen (secondary N) is 2. The molecule has 0 saturated carbocycles. The van der Waals surface area contributed by atoms with Crippen molar-refractivity contribution >= 4 is 0 Å². The molecule has 0 aromatic carbocycles. The smallest absolute Gasteiger partial charge is 0.110 e. The molecule has 19 heavy (non-hydrogen) atoms. The molecule has 0 aliphatic heterocycles. The fourth-order valence-electron chi connectivity index (χ4n) is 2.14. The van der Waals surface area contributed by atoms with E-state index in [2.05, 4.69) is 44.1 Å². The van der Waals surface area contributed by atoms with Crippen molar-refractivity contribution in [3.05, 3.63) is 30.1 Å². The van der Waals surface area contributed by atoms with Gasteiger partial charge in [-0.3, -0.25) is 0 Å². The monoisotopic (exact) mass is 262 g/mol. The Kier molecular flexibility index (Phi) is 5.09. The zero-order chi connectivity index (χ0) is 13.5. The minimum Gasteiger partial charge on any atom is -0.335 e. The highest BCUT2D eigenvalue weighted by molar-refractivity contribution is 5.05. The third kappa shape index (κ3) is 3.64. The number of rotatable bonds is 8. The summed E-state index contributed by atoms with van der Waals surface area (Å²) in [7, 11) is 0. The maximum absolute atomic E-state index is 4.46. The molecule has 0 aliphatic carbocycles. The van der Waals surface area contributed by atoms with Gasteiger partial charge in [0.05, 0.1) is 17.9 Å². The molecule has 2 aromatic rings. The van der Waals surface area contributed by atoms with E-state index in [0.29, 0.717) is 0 Å². The van der Waals surface area contributed by atoms with E-state index < -0.39 is 0 Å². The topological polar surface area (TPSA) is 71.4 Å². The molecule has 2 rings (SSSR count). The van der Waals surface area contributed by atoms with Crippen LogP contribution < -0.4 is 5.32 Å². The minimum absolute atomic E-state index is 0.164. The Balaban J connectivity index is 2.08. The number of aromatic nitrogens is 5. The van der Waals surface area contributed by atoms with Crippen molar-refractivity contribution in [1.29, 1.82) is 0 Å². The van der Waals surface area contributed by atoms with Crippen LogP contribution in [0.15, 0.2) is 18.6 Å². The van der Waals surface area contributed by atoms with Crippen LogP contribution in [0.4, 0.5) is 0 Å². The Morgan fingerprint density at radius 1 is 1.37 bits per heavy atom. The third-order valence-electron chi connectivity index (χ3n) is 3.08. The predicted molar refractivity (Wildman–Crippen MR) is 73.6 cm³/mol. The van der Waals surface area contributed by atoms with Gasteiger partial charge in [-0.15, -0.1) is 0 Å². The van der Waals surface area contributed by atoms with Crippen molar-refractivity contribution in [2.24, 2.45) is 0 Å². The standard InChI is InChI=1S/C13H22N6/c1-3-5-14-11(12-10-16-18-17-12)9-13-15-6-8-19(13)7-4-2/h6,8,10-11,14H,3-5,7,9H2,1-2H3,(H,16,17,18). The Bertz CT molecular complexity index is 461. The van der Waals surface area contributed by atoms with Crippen molar-refractivity contribution in [3.63, 3.8) is 0 Å². The maximum atomic E-state index is 4.46. The van der Waals surface area contributed by atoms with Gasteiger partial charge >= 0.3 is 0 Å². The van der Waals surface area contributed by atoms with Crippen molar-refractivity contribution in [2.75, 3.05) is 6.54 Å². The number of imidazole rings is 1. The molecule has 0 bridgehead atoms. The molecule has 6 nitrogen and oxygen atoms in total. The molecule has 0 amide bonds. The first-order chi connectivity index (χ1) is 9.35. The lowest BCUT2D eigenvalue weighted by Gasteiger charge is -2.16. The molecule has 6 heteroatoms. The summed E-state index contributed by atoms with van der Waals surface area (Å²) in [6, 6.07) is 0.164. The summed E-state index contributed by atoms with van der Waals surface area (Å²) in [5.74, 6) is 1.10. The van der Waals surface area contributed by atoms with Crippen LogP contribution in [-0.4, -0.2) is 31.5 Å². The summed E-state index contributed by atoms with van der Waals surface area (Å²) in [5.41, 5.74) is 0.944. The highest BCUT2D eigenvalue weighted by Crippen LogP contribution is 2.15. The van der Waals surface area contributed by atoms with Crippen molar-refractivity contribution in [1.82, 2.24) is 30.3 Å². The summed E-state index contributed by atoms with van der Waals surface area (Å²) < 4.78 is 2.21. The summed E-state index contributed by atoms with van der Waals surface area (Å²) in [6.07, 6.45) is 8.72. The lowest BCUT2D eigenvalue weighted by molar-refractivity contribution is 0.492. The van der Waals surface area contributed by atoms with E-state index >= 15 is 0 Å². The molecule has 2 heterocycles. The van der Waals surface area contributed by atoms with Crippen molar-refractivity contribution in [2.45, 2.75) is 45.7 Å². The zero-order valence-electron chi connectivity index (χ0n) is 11.6. The molecule has 104 valence electrons. The lowest BCUT2D eigenvalue weighted by Crippen LogP contribution is -2.25. The number of hydrogen-bond donors (Lipinski definition) is 2. The van der Waals surface area contributed by atoms with Gasteiger partial charge < -0.3 is 9.88 Å². The summed E-state index contributed by atoms with van der Waals surface area (Å²) >= 11 is 0. The van der Waals surface area contributed by atoms with Crippen molar-refractivity contribution < 1.29 is 0 Å². The van der Waals surface area contributed by atoms with E-state index in [1.54, 1.807) is 6.20 Å². The predicted octanol–water partition coefficient (Wildman–Crippen LogP) is 1.69. The average Bonchev–Trinajstić information content (AvgIpc) is 3.06. The number of nitrogens with zero attached hydrogens (tertiary/aromatic N) is 4. The van der Waals surface area contributed by atoms with Crippen LogP contribution >= 0.6 is 0 Å². The van der Waals surface area contributed by atoms with Crippen LogP contribution in [0.5, 0.6) is 0 Å². The molecule has 2 aromatic heterocycles. The lowest BCUT2D eigenvalue weighted by atomic mass is 10.1. The largest absolute Gasteiger partial charge is 0.335 e. The average molecular weight is 262 g/mol. The fraction of sp³-hybridized carbons (Fsp3) is 0.615. The number of hydrogen-bond acceptors (Lipinski definition) is 4. The van der Waals surface area contributed by atoms with Crippen LogP contribution in [0.2, 0.25) is 0 Å². The van der Waals surface area contributed by atoms with Gasteiger partial charge in [-0.2, -0.15) is 15.4 Å². The Hall–Kier alpha value is -1.69. The van der Waals surface area contributed by atoms with E-state index in [9.17, 15) is 0 Å². The van der Waals surface area contributed by atoms with Gasteiger partial charge in [0.2, 0.25) is 0 Å². The van der Waals surface area contributed by atoms with Crippen LogP contribution in [0.3, 0.4) is 0 Å². The molecule has 1 unspecified atom stereocenters. The second-order valence-corrected chi connectivity index (χ2v) is 4.64. The fourth-order valence-corrected chi connectivity index (χ4v) is 2.14. The van der Waals surface area contributed by atoms with Gasteiger partial charge in [0.15, 0.2) is 0 Å². The quantitative estimate of drug-likeness (QED) is 0.759. The van der Waals surface area contributed by atoms with E-state index in [-0.39, 0.29) is 6.04 Å². The highest BCUT2D eigenvalue weighted by Gasteiger charge is 2.16. The number of H-pyrrole nitrogens is 1. The molecule has 1 atom stereocenters. The van der Waals surface area contributed by atoms with E-state index in [1.165, 1.54) is 0 Å². The Labute approximate surface area is 113 Å². The van der Waals surface area contributed by atoms with E-state index in [1.807, 2.05) is 12.4 Å². The van der Waals surface area contributed by atoms with Gasteiger partial charge in [0.1, 0.15) is 5.82 Å². The second kappa shape index (κ2) is 7.04. The van der Waals surface area contributed by atoms with Crippen LogP contribution in [0, 0.1) is 0 Å². The second-order valence-electron chi connectivity index (χ2n) is 4.64. The van der Waals surface area contributed by atoms with E-state index in [4.69, 9.17) is 0 Å². The summed E-state index contributed by atoms with van der Waals surface area (Å²) in [6.45, 7) is 6.31. The molecular formula is C13H22N6. The summed E-state index contributed by atoms with van der Waals surface area (Å²) in [5, 5.41) is 14.3. The summed E-state index contributed by atoms with van der Waals surface area (Å²) in [4.78, 5) is 4.46. The van der Waals surface area contributed by atoms with E-state index in [0.717, 1.165) is 43.9 Å². The van der Waals surface area contributed by atoms with Gasteiger partial charge in [-0.05, 0) is 19.4 Å². The SMILES string of the molecule is CCCNC(Cc1nccn1CCC)c1cn[nH]n1. The van der Waals surface area contributed by atoms with Crippen LogP contribution in [-0.2, 0) is 13.0 Å². The van der Waals surface area contributed by atoms with Crippen LogP contribution in [0.1, 0.15) is 44.2 Å². The molecule has 0 spiro atoms. The Morgan fingerprint density at radius 2 is 2.26 bits per heavy atom. The first-order valence-corrected chi connectivity index (χ1v) is 6.94. The third-order valence-corrected chi connectivity index (χ3v) is 3.08. The van der Waals surface area contributed by atoms with Gasteiger partial charge in [0, 0.05) is 25.4 Å². The molecule has 0 aliphatic rings. The van der Waals surface area contributed by atoms with Gasteiger partial charge in [-0.1, -0.05) is 13.8 Å². The highest BCUT2D eigenvalue weighted by atomic mass is 15.3. The number of aromatic amines is 1. The zero-order valence-corrected chi connectivity index (χ0v) is 11.6. The number of aryl methyl sites for hydroxylation is 1. The molecule has 2 N–H and O–H groups in total. The van der Waals surface area contributed by atoms with Gasteiger partial charge in [0.25, 0.3) is 0 Å². The molecule has 0 saturated heterocycles. The maximum Gasteiger partial charge on any atom is 0.110 e. The normalized spacial score (nSPS) is 12.7. The van der Waals surface area contributed by atoms with Gasteiger partial charge in [-0.25, -0.2) is 4.98 Å². The first-order valence-electron chi connectivity index (χ1n) is 6.94. The Morgan fingerprint density at radius 3 is 2.95 bits per heavy atom. The van der Waals surface area contributed by atoms with Crippen molar-refractivity contribution in [3.8, 4) is 0 Å². The minimum atomic E-state index is 0.164.